The van der Waals surface area contributed by atoms with Gasteiger partial charge in [0.15, 0.2) is 0 Å². The summed E-state index contributed by atoms with van der Waals surface area (Å²) in [6.07, 6.45) is -0.684. The Morgan fingerprint density at radius 1 is 1.14 bits per heavy atom. The van der Waals surface area contributed by atoms with Crippen LogP contribution in [0, 0.1) is 6.92 Å². The number of anilines is 1. The van der Waals surface area contributed by atoms with E-state index in [0.717, 1.165) is 17.1 Å². The molecular formula is C16H20N2O3. The normalized spacial score (nSPS) is 11.8. The number of pyridine rings is 1. The van der Waals surface area contributed by atoms with Crippen LogP contribution < -0.4 is 14.8 Å². The van der Waals surface area contributed by atoms with Crippen molar-refractivity contribution < 1.29 is 14.6 Å². The van der Waals surface area contributed by atoms with E-state index in [0.29, 0.717) is 18.0 Å². The molecule has 0 saturated carbocycles. The van der Waals surface area contributed by atoms with Gasteiger partial charge in [-0.2, -0.15) is 0 Å². The van der Waals surface area contributed by atoms with Crippen molar-refractivity contribution in [3.8, 4) is 11.5 Å². The standard InChI is InChI=1S/C16H20N2O3/c1-11-5-4-6-16(18-11)17-10-15(19)12-7-13(20-2)9-14(8-12)21-3/h4-9,15,19H,10H2,1-3H3,(H,17,18)/t15-/m1/s1. The topological polar surface area (TPSA) is 63.6 Å². The number of nitrogens with one attached hydrogen (secondary N) is 1. The Morgan fingerprint density at radius 2 is 1.81 bits per heavy atom. The third-order valence-electron chi connectivity index (χ3n) is 3.12. The van der Waals surface area contributed by atoms with E-state index < -0.39 is 6.10 Å². The van der Waals surface area contributed by atoms with Gasteiger partial charge in [-0.3, -0.25) is 0 Å². The van der Waals surface area contributed by atoms with Gasteiger partial charge in [-0.25, -0.2) is 4.98 Å². The van der Waals surface area contributed by atoms with Gasteiger partial charge in [-0.1, -0.05) is 6.07 Å². The summed E-state index contributed by atoms with van der Waals surface area (Å²) in [7, 11) is 3.17. The second kappa shape index (κ2) is 6.95. The minimum atomic E-state index is -0.684. The maximum absolute atomic E-state index is 10.3. The lowest BCUT2D eigenvalue weighted by Gasteiger charge is -2.15. The predicted molar refractivity (Wildman–Crippen MR) is 82.0 cm³/mol. The Bertz CT molecular complexity index is 580. The van der Waals surface area contributed by atoms with Crippen molar-refractivity contribution in [2.75, 3.05) is 26.1 Å². The van der Waals surface area contributed by atoms with E-state index >= 15 is 0 Å². The lowest BCUT2D eigenvalue weighted by molar-refractivity contribution is 0.190. The number of ether oxygens (including phenoxy) is 2. The van der Waals surface area contributed by atoms with Crippen molar-refractivity contribution >= 4 is 5.82 Å². The highest BCUT2D eigenvalue weighted by molar-refractivity contribution is 5.41. The molecule has 112 valence electrons. The Hall–Kier alpha value is -2.27. The van der Waals surface area contributed by atoms with Gasteiger partial charge in [-0.15, -0.1) is 0 Å². The molecule has 2 aromatic rings. The van der Waals surface area contributed by atoms with Crippen molar-refractivity contribution in [3.05, 3.63) is 47.7 Å². The fourth-order valence-corrected chi connectivity index (χ4v) is 1.98. The van der Waals surface area contributed by atoms with Gasteiger partial charge in [-0.05, 0) is 36.8 Å². The highest BCUT2D eigenvalue weighted by Gasteiger charge is 2.11. The van der Waals surface area contributed by atoms with Gasteiger partial charge in [0.1, 0.15) is 17.3 Å². The SMILES string of the molecule is COc1cc(OC)cc([C@H](O)CNc2cccc(C)n2)c1. The molecule has 21 heavy (non-hydrogen) atoms. The monoisotopic (exact) mass is 288 g/mol. The summed E-state index contributed by atoms with van der Waals surface area (Å²) >= 11 is 0. The third-order valence-corrected chi connectivity index (χ3v) is 3.12. The third kappa shape index (κ3) is 4.10. The molecule has 0 aliphatic rings. The minimum Gasteiger partial charge on any atom is -0.497 e. The van der Waals surface area contributed by atoms with E-state index in [-0.39, 0.29) is 0 Å². The second-order valence-electron chi connectivity index (χ2n) is 4.71. The lowest BCUT2D eigenvalue weighted by atomic mass is 10.1. The predicted octanol–water partition coefficient (Wildman–Crippen LogP) is 2.55. The summed E-state index contributed by atoms with van der Waals surface area (Å²) in [5, 5.41) is 13.4. The first-order valence-corrected chi connectivity index (χ1v) is 6.71. The number of nitrogens with zero attached hydrogens (tertiary/aromatic N) is 1. The number of hydrogen-bond acceptors (Lipinski definition) is 5. The van der Waals surface area contributed by atoms with Gasteiger partial charge >= 0.3 is 0 Å². The molecule has 1 aromatic carbocycles. The molecule has 1 atom stereocenters. The summed E-state index contributed by atoms with van der Waals surface area (Å²) in [4.78, 5) is 4.33. The average Bonchev–Trinajstić information content (AvgIpc) is 2.52. The summed E-state index contributed by atoms with van der Waals surface area (Å²) in [5.41, 5.74) is 1.66. The van der Waals surface area contributed by atoms with E-state index in [1.807, 2.05) is 25.1 Å². The smallest absolute Gasteiger partial charge is 0.126 e. The molecule has 1 heterocycles. The molecule has 0 saturated heterocycles. The zero-order valence-electron chi connectivity index (χ0n) is 12.5. The fourth-order valence-electron chi connectivity index (χ4n) is 1.98. The maximum Gasteiger partial charge on any atom is 0.126 e. The van der Waals surface area contributed by atoms with E-state index in [1.165, 1.54) is 0 Å². The van der Waals surface area contributed by atoms with Crippen LogP contribution in [0.4, 0.5) is 5.82 Å². The number of rotatable bonds is 6. The molecule has 2 N–H and O–H groups in total. The van der Waals surface area contributed by atoms with Crippen molar-refractivity contribution in [2.24, 2.45) is 0 Å². The van der Waals surface area contributed by atoms with Gasteiger partial charge in [0.25, 0.3) is 0 Å². The number of aryl methyl sites for hydroxylation is 1. The molecule has 0 fully saturated rings. The average molecular weight is 288 g/mol. The number of benzene rings is 1. The molecule has 0 aliphatic heterocycles. The maximum atomic E-state index is 10.3. The molecular weight excluding hydrogens is 268 g/mol. The number of aliphatic hydroxyl groups is 1. The zero-order valence-corrected chi connectivity index (χ0v) is 12.5. The number of methoxy groups -OCH3 is 2. The molecule has 0 spiro atoms. The Balaban J connectivity index is 2.07. The van der Waals surface area contributed by atoms with Crippen molar-refractivity contribution in [1.29, 1.82) is 0 Å². The molecule has 5 nitrogen and oxygen atoms in total. The van der Waals surface area contributed by atoms with Crippen LogP contribution in [0.3, 0.4) is 0 Å². The van der Waals surface area contributed by atoms with Crippen LogP contribution >= 0.6 is 0 Å². The largest absolute Gasteiger partial charge is 0.497 e. The van der Waals surface area contributed by atoms with Gasteiger partial charge in [0.05, 0.1) is 20.3 Å². The zero-order chi connectivity index (χ0) is 15.2. The Morgan fingerprint density at radius 3 is 2.38 bits per heavy atom. The molecule has 0 aliphatic carbocycles. The van der Waals surface area contributed by atoms with Crippen LogP contribution in [0.15, 0.2) is 36.4 Å². The first-order chi connectivity index (χ1) is 10.1. The molecule has 1 aromatic heterocycles. The molecule has 0 bridgehead atoms. The first-order valence-electron chi connectivity index (χ1n) is 6.71. The molecule has 0 unspecified atom stereocenters. The quantitative estimate of drug-likeness (QED) is 0.855. The molecule has 2 rings (SSSR count). The van der Waals surface area contributed by atoms with Gasteiger partial charge < -0.3 is 19.9 Å². The number of aromatic nitrogens is 1. The first kappa shape index (κ1) is 15.1. The number of hydrogen-bond donors (Lipinski definition) is 2. The van der Waals surface area contributed by atoms with Gasteiger partial charge in [0, 0.05) is 18.3 Å². The highest BCUT2D eigenvalue weighted by Crippen LogP contribution is 2.26. The summed E-state index contributed by atoms with van der Waals surface area (Å²) in [5.74, 6) is 2.04. The molecule has 0 radical (unpaired) electrons. The van der Waals surface area contributed by atoms with Crippen LogP contribution in [0.5, 0.6) is 11.5 Å². The van der Waals surface area contributed by atoms with Crippen molar-refractivity contribution in [1.82, 2.24) is 4.98 Å². The lowest BCUT2D eigenvalue weighted by Crippen LogP contribution is -2.13. The van der Waals surface area contributed by atoms with Crippen LogP contribution in [-0.2, 0) is 0 Å². The summed E-state index contributed by atoms with van der Waals surface area (Å²) in [6.45, 7) is 2.28. The summed E-state index contributed by atoms with van der Waals surface area (Å²) in [6, 6.07) is 11.1. The van der Waals surface area contributed by atoms with Crippen LogP contribution in [0.1, 0.15) is 17.4 Å². The van der Waals surface area contributed by atoms with Crippen LogP contribution in [0.2, 0.25) is 0 Å². The van der Waals surface area contributed by atoms with E-state index in [1.54, 1.807) is 32.4 Å². The number of aliphatic hydroxyl groups excluding tert-OH is 1. The Kier molecular flexibility index (Phi) is 5.00. The van der Waals surface area contributed by atoms with Crippen LogP contribution in [-0.4, -0.2) is 30.9 Å². The van der Waals surface area contributed by atoms with Crippen molar-refractivity contribution in [3.63, 3.8) is 0 Å². The minimum absolute atomic E-state index is 0.354. The van der Waals surface area contributed by atoms with Crippen molar-refractivity contribution in [2.45, 2.75) is 13.0 Å². The second-order valence-corrected chi connectivity index (χ2v) is 4.71. The van der Waals surface area contributed by atoms with E-state index in [2.05, 4.69) is 10.3 Å². The molecule has 5 heteroatoms. The Labute approximate surface area is 124 Å². The molecule has 0 amide bonds. The fraction of sp³-hybridized carbons (Fsp3) is 0.312. The summed E-state index contributed by atoms with van der Waals surface area (Å²) < 4.78 is 10.4. The van der Waals surface area contributed by atoms with Crippen LogP contribution in [0.25, 0.3) is 0 Å². The van der Waals surface area contributed by atoms with E-state index in [9.17, 15) is 5.11 Å². The van der Waals surface area contributed by atoms with Gasteiger partial charge in [0.2, 0.25) is 0 Å². The highest BCUT2D eigenvalue weighted by atomic mass is 16.5. The van der Waals surface area contributed by atoms with E-state index in [4.69, 9.17) is 9.47 Å².